The Morgan fingerprint density at radius 2 is 2.37 bits per heavy atom. The van der Waals surface area contributed by atoms with E-state index in [1.165, 1.54) is 12.8 Å². The minimum Gasteiger partial charge on any atom is -0.482 e. The Bertz CT molecular complexity index is 484. The molecule has 1 amide bonds. The van der Waals surface area contributed by atoms with Crippen LogP contribution in [0.2, 0.25) is 0 Å². The van der Waals surface area contributed by atoms with E-state index in [1.807, 2.05) is 18.2 Å². The topological polar surface area (TPSA) is 76.4 Å². The van der Waals surface area contributed by atoms with Crippen LogP contribution >= 0.6 is 0 Å². The quantitative estimate of drug-likeness (QED) is 0.763. The molecular weight excluding hydrogens is 242 g/mol. The SMILES string of the molecule is NC(CC1CCCN1)c1ccc2c(c1)NC(=O)CO2. The number of amides is 1. The Labute approximate surface area is 112 Å². The van der Waals surface area contributed by atoms with Gasteiger partial charge in [0.15, 0.2) is 6.61 Å². The summed E-state index contributed by atoms with van der Waals surface area (Å²) >= 11 is 0. The molecule has 2 atom stereocenters. The lowest BCUT2D eigenvalue weighted by molar-refractivity contribution is -0.118. The second-order valence-corrected chi connectivity index (χ2v) is 5.23. The number of hydrogen-bond donors (Lipinski definition) is 3. The van der Waals surface area contributed by atoms with Crippen molar-refractivity contribution in [1.29, 1.82) is 0 Å². The predicted molar refractivity (Wildman–Crippen MR) is 73.1 cm³/mol. The zero-order valence-electron chi connectivity index (χ0n) is 10.8. The summed E-state index contributed by atoms with van der Waals surface area (Å²) in [5.41, 5.74) is 8.01. The monoisotopic (exact) mass is 261 g/mol. The van der Waals surface area contributed by atoms with Gasteiger partial charge in [0.25, 0.3) is 5.91 Å². The first-order valence-corrected chi connectivity index (χ1v) is 6.78. The van der Waals surface area contributed by atoms with Crippen LogP contribution in [0.4, 0.5) is 5.69 Å². The molecule has 3 rings (SSSR count). The van der Waals surface area contributed by atoms with E-state index in [1.54, 1.807) is 0 Å². The maximum Gasteiger partial charge on any atom is 0.262 e. The van der Waals surface area contributed by atoms with Crippen LogP contribution in [-0.2, 0) is 4.79 Å². The standard InChI is InChI=1S/C14H19N3O2/c15-11(7-10-2-1-5-16-10)9-3-4-13-12(6-9)17-14(18)8-19-13/h3-4,6,10-11,16H,1-2,5,7-8,15H2,(H,17,18). The van der Waals surface area contributed by atoms with Crippen LogP contribution in [0.1, 0.15) is 30.9 Å². The normalized spacial score (nSPS) is 23.4. The van der Waals surface area contributed by atoms with Gasteiger partial charge in [0, 0.05) is 12.1 Å². The van der Waals surface area contributed by atoms with E-state index in [4.69, 9.17) is 10.5 Å². The number of nitrogens with one attached hydrogen (secondary N) is 2. The van der Waals surface area contributed by atoms with Crippen LogP contribution in [0.5, 0.6) is 5.75 Å². The molecular formula is C14H19N3O2. The number of benzene rings is 1. The molecule has 2 aliphatic rings. The molecule has 1 aromatic rings. The number of ether oxygens (including phenoxy) is 1. The zero-order chi connectivity index (χ0) is 13.2. The van der Waals surface area contributed by atoms with Crippen molar-refractivity contribution in [3.05, 3.63) is 23.8 Å². The van der Waals surface area contributed by atoms with Crippen LogP contribution in [0.25, 0.3) is 0 Å². The summed E-state index contributed by atoms with van der Waals surface area (Å²) in [6.45, 7) is 1.18. The van der Waals surface area contributed by atoms with Gasteiger partial charge in [0.2, 0.25) is 0 Å². The number of carbonyl (C=O) groups is 1. The van der Waals surface area contributed by atoms with Gasteiger partial charge in [-0.05, 0) is 43.5 Å². The smallest absolute Gasteiger partial charge is 0.262 e. The van der Waals surface area contributed by atoms with Crippen molar-refractivity contribution >= 4 is 11.6 Å². The van der Waals surface area contributed by atoms with Crippen molar-refractivity contribution in [3.63, 3.8) is 0 Å². The fourth-order valence-electron chi connectivity index (χ4n) is 2.73. The number of hydrogen-bond acceptors (Lipinski definition) is 4. The highest BCUT2D eigenvalue weighted by molar-refractivity contribution is 5.95. The van der Waals surface area contributed by atoms with Gasteiger partial charge in [0.1, 0.15) is 5.75 Å². The van der Waals surface area contributed by atoms with Gasteiger partial charge in [-0.1, -0.05) is 6.07 Å². The fraction of sp³-hybridized carbons (Fsp3) is 0.500. The molecule has 0 spiro atoms. The van der Waals surface area contributed by atoms with Crippen molar-refractivity contribution in [2.24, 2.45) is 5.73 Å². The molecule has 0 aliphatic carbocycles. The number of anilines is 1. The molecule has 2 aliphatic heterocycles. The second-order valence-electron chi connectivity index (χ2n) is 5.23. The van der Waals surface area contributed by atoms with Crippen molar-refractivity contribution in [1.82, 2.24) is 5.32 Å². The highest BCUT2D eigenvalue weighted by atomic mass is 16.5. The Kier molecular flexibility index (Phi) is 3.40. The maximum atomic E-state index is 11.3. The van der Waals surface area contributed by atoms with E-state index >= 15 is 0 Å². The first-order valence-electron chi connectivity index (χ1n) is 6.78. The summed E-state index contributed by atoms with van der Waals surface area (Å²) < 4.78 is 5.34. The molecule has 5 heteroatoms. The molecule has 1 fully saturated rings. The lowest BCUT2D eigenvalue weighted by Crippen LogP contribution is -2.28. The average molecular weight is 261 g/mol. The van der Waals surface area contributed by atoms with Gasteiger partial charge in [-0.25, -0.2) is 0 Å². The van der Waals surface area contributed by atoms with Gasteiger partial charge in [-0.3, -0.25) is 4.79 Å². The van der Waals surface area contributed by atoms with Crippen LogP contribution in [0, 0.1) is 0 Å². The third kappa shape index (κ3) is 2.72. The Morgan fingerprint density at radius 1 is 1.47 bits per heavy atom. The summed E-state index contributed by atoms with van der Waals surface area (Å²) in [5, 5.41) is 6.27. The first-order chi connectivity index (χ1) is 9.22. The van der Waals surface area contributed by atoms with Crippen LogP contribution in [0.3, 0.4) is 0 Å². The Morgan fingerprint density at radius 3 is 3.16 bits per heavy atom. The van der Waals surface area contributed by atoms with E-state index in [0.717, 1.165) is 30.0 Å². The fourth-order valence-corrected chi connectivity index (χ4v) is 2.73. The number of carbonyl (C=O) groups excluding carboxylic acids is 1. The molecule has 102 valence electrons. The van der Waals surface area contributed by atoms with E-state index < -0.39 is 0 Å². The molecule has 2 unspecified atom stereocenters. The van der Waals surface area contributed by atoms with Gasteiger partial charge in [0.05, 0.1) is 5.69 Å². The minimum atomic E-state index is -0.115. The summed E-state index contributed by atoms with van der Waals surface area (Å²) in [5.74, 6) is 0.602. The third-order valence-electron chi connectivity index (χ3n) is 3.77. The number of nitrogens with two attached hydrogens (primary N) is 1. The van der Waals surface area contributed by atoms with Gasteiger partial charge in [-0.2, -0.15) is 0 Å². The lowest BCUT2D eigenvalue weighted by atomic mass is 9.98. The number of rotatable bonds is 3. The first kappa shape index (κ1) is 12.4. The zero-order valence-corrected chi connectivity index (χ0v) is 10.8. The molecule has 5 nitrogen and oxygen atoms in total. The molecule has 0 bridgehead atoms. The largest absolute Gasteiger partial charge is 0.482 e. The van der Waals surface area contributed by atoms with Crippen LogP contribution < -0.4 is 21.1 Å². The van der Waals surface area contributed by atoms with Crippen LogP contribution in [0.15, 0.2) is 18.2 Å². The van der Waals surface area contributed by atoms with Crippen LogP contribution in [-0.4, -0.2) is 25.1 Å². The Hall–Kier alpha value is -1.59. The molecule has 4 N–H and O–H groups in total. The highest BCUT2D eigenvalue weighted by Gasteiger charge is 2.21. The maximum absolute atomic E-state index is 11.3. The van der Waals surface area contributed by atoms with E-state index in [0.29, 0.717) is 6.04 Å². The average Bonchev–Trinajstić information content (AvgIpc) is 2.90. The van der Waals surface area contributed by atoms with Crippen molar-refractivity contribution in [3.8, 4) is 5.75 Å². The molecule has 19 heavy (non-hydrogen) atoms. The summed E-state index contributed by atoms with van der Waals surface area (Å²) in [7, 11) is 0. The molecule has 0 aromatic heterocycles. The lowest BCUT2D eigenvalue weighted by Gasteiger charge is -2.21. The summed E-state index contributed by atoms with van der Waals surface area (Å²) in [4.78, 5) is 11.3. The van der Waals surface area contributed by atoms with E-state index in [9.17, 15) is 4.79 Å². The summed E-state index contributed by atoms with van der Waals surface area (Å²) in [6.07, 6.45) is 3.34. The highest BCUT2D eigenvalue weighted by Crippen LogP contribution is 2.31. The van der Waals surface area contributed by atoms with E-state index in [-0.39, 0.29) is 18.6 Å². The van der Waals surface area contributed by atoms with Crippen molar-refractivity contribution in [2.45, 2.75) is 31.3 Å². The second kappa shape index (κ2) is 5.19. The van der Waals surface area contributed by atoms with Gasteiger partial charge in [-0.15, -0.1) is 0 Å². The van der Waals surface area contributed by atoms with Gasteiger partial charge < -0.3 is 21.1 Å². The van der Waals surface area contributed by atoms with Gasteiger partial charge >= 0.3 is 0 Å². The Balaban J connectivity index is 1.73. The molecule has 1 saturated heterocycles. The molecule has 1 aromatic carbocycles. The molecule has 2 heterocycles. The minimum absolute atomic E-state index is 0.0141. The number of fused-ring (bicyclic) bond motifs is 1. The summed E-state index contributed by atoms with van der Waals surface area (Å²) in [6, 6.07) is 6.28. The van der Waals surface area contributed by atoms with Crippen molar-refractivity contribution in [2.75, 3.05) is 18.5 Å². The van der Waals surface area contributed by atoms with Crippen molar-refractivity contribution < 1.29 is 9.53 Å². The predicted octanol–water partition coefficient (Wildman–Crippen LogP) is 1.16. The molecule has 0 radical (unpaired) electrons. The van der Waals surface area contributed by atoms with E-state index in [2.05, 4.69) is 10.6 Å². The third-order valence-corrected chi connectivity index (χ3v) is 3.77. The molecule has 0 saturated carbocycles.